The molecule has 1 aromatic carbocycles. The number of carbonyl (C=O) groups is 2. The zero-order chi connectivity index (χ0) is 18.3. The molecule has 2 saturated heterocycles. The van der Waals surface area contributed by atoms with Gasteiger partial charge in [0.15, 0.2) is 11.5 Å². The highest BCUT2D eigenvalue weighted by Crippen LogP contribution is 2.36. The minimum atomic E-state index is -0.312. The molecule has 3 atom stereocenters. The van der Waals surface area contributed by atoms with E-state index in [9.17, 15) is 9.59 Å². The Balaban J connectivity index is 1.47. The average Bonchev–Trinajstić information content (AvgIpc) is 3.01. The number of hydrogen-bond donors (Lipinski definition) is 0. The Bertz CT molecular complexity index is 712. The van der Waals surface area contributed by atoms with Crippen LogP contribution in [-0.2, 0) is 14.3 Å². The summed E-state index contributed by atoms with van der Waals surface area (Å²) in [5.41, 5.74) is 0.748. The second kappa shape index (κ2) is 6.79. The summed E-state index contributed by atoms with van der Waals surface area (Å²) in [7, 11) is 0. The van der Waals surface area contributed by atoms with Crippen LogP contribution in [0.25, 0.3) is 0 Å². The summed E-state index contributed by atoms with van der Waals surface area (Å²) in [4.78, 5) is 28.9. The molecule has 0 radical (unpaired) electrons. The Kier molecular flexibility index (Phi) is 4.48. The standard InChI is InChI=1S/C19H24N2O5/c1-12-9-20(10-13(2)26-12)19(23)14-7-18(22)21(11-14)15-3-4-16-17(8-15)25-6-5-24-16/h3-4,8,12-14H,5-7,9-11H2,1-2H3/t12-,13-,14+/m1/s1. The van der Waals surface area contributed by atoms with Gasteiger partial charge in [-0.25, -0.2) is 0 Å². The summed E-state index contributed by atoms with van der Waals surface area (Å²) in [5, 5.41) is 0. The van der Waals surface area contributed by atoms with Crippen molar-refractivity contribution in [2.75, 3.05) is 37.7 Å². The second-order valence-electron chi connectivity index (χ2n) is 7.23. The maximum Gasteiger partial charge on any atom is 0.228 e. The van der Waals surface area contributed by atoms with Crippen LogP contribution in [0.5, 0.6) is 11.5 Å². The third-order valence-electron chi connectivity index (χ3n) is 5.04. The molecule has 26 heavy (non-hydrogen) atoms. The summed E-state index contributed by atoms with van der Waals surface area (Å²) in [5.74, 6) is 1.03. The maximum absolute atomic E-state index is 12.9. The van der Waals surface area contributed by atoms with E-state index in [-0.39, 0.29) is 36.4 Å². The Hall–Kier alpha value is -2.28. The van der Waals surface area contributed by atoms with E-state index in [0.29, 0.717) is 44.3 Å². The Morgan fingerprint density at radius 2 is 1.73 bits per heavy atom. The largest absolute Gasteiger partial charge is 0.486 e. The van der Waals surface area contributed by atoms with Gasteiger partial charge in [0.25, 0.3) is 0 Å². The fraction of sp³-hybridized carbons (Fsp3) is 0.579. The molecule has 0 aromatic heterocycles. The highest BCUT2D eigenvalue weighted by molar-refractivity contribution is 6.00. The van der Waals surface area contributed by atoms with Crippen LogP contribution >= 0.6 is 0 Å². The number of rotatable bonds is 2. The van der Waals surface area contributed by atoms with Crippen molar-refractivity contribution in [2.45, 2.75) is 32.5 Å². The highest BCUT2D eigenvalue weighted by Gasteiger charge is 2.39. The summed E-state index contributed by atoms with van der Waals surface area (Å²) >= 11 is 0. The van der Waals surface area contributed by atoms with Gasteiger partial charge in [0, 0.05) is 37.8 Å². The van der Waals surface area contributed by atoms with Gasteiger partial charge in [-0.1, -0.05) is 0 Å². The molecule has 0 bridgehead atoms. The molecule has 2 amide bonds. The molecule has 0 unspecified atom stereocenters. The zero-order valence-electron chi connectivity index (χ0n) is 15.1. The van der Waals surface area contributed by atoms with E-state index in [0.717, 1.165) is 5.69 Å². The molecule has 3 heterocycles. The first-order chi connectivity index (χ1) is 12.5. The topological polar surface area (TPSA) is 68.3 Å². The fourth-order valence-corrected chi connectivity index (χ4v) is 3.94. The lowest BCUT2D eigenvalue weighted by Crippen LogP contribution is -2.50. The van der Waals surface area contributed by atoms with Crippen molar-refractivity contribution in [3.05, 3.63) is 18.2 Å². The summed E-state index contributed by atoms with van der Waals surface area (Å²) in [6.45, 7) is 6.53. The van der Waals surface area contributed by atoms with Crippen LogP contribution in [0.1, 0.15) is 20.3 Å². The molecule has 0 saturated carbocycles. The molecule has 3 aliphatic heterocycles. The van der Waals surface area contributed by atoms with E-state index in [1.807, 2.05) is 36.9 Å². The van der Waals surface area contributed by atoms with Gasteiger partial charge in [-0.15, -0.1) is 0 Å². The van der Waals surface area contributed by atoms with E-state index >= 15 is 0 Å². The van der Waals surface area contributed by atoms with Crippen LogP contribution in [0.15, 0.2) is 18.2 Å². The van der Waals surface area contributed by atoms with Gasteiger partial charge in [0.1, 0.15) is 13.2 Å². The first-order valence-corrected chi connectivity index (χ1v) is 9.15. The van der Waals surface area contributed by atoms with E-state index in [1.54, 1.807) is 4.90 Å². The van der Waals surface area contributed by atoms with Crippen molar-refractivity contribution < 1.29 is 23.8 Å². The third kappa shape index (κ3) is 3.23. The minimum absolute atomic E-state index is 0.0219. The van der Waals surface area contributed by atoms with Crippen LogP contribution in [-0.4, -0.2) is 61.8 Å². The Morgan fingerprint density at radius 3 is 2.46 bits per heavy atom. The quantitative estimate of drug-likeness (QED) is 0.798. The maximum atomic E-state index is 12.9. The van der Waals surface area contributed by atoms with Gasteiger partial charge in [0.2, 0.25) is 11.8 Å². The van der Waals surface area contributed by atoms with Gasteiger partial charge in [-0.3, -0.25) is 9.59 Å². The molecule has 3 aliphatic rings. The third-order valence-corrected chi connectivity index (χ3v) is 5.04. The number of fused-ring (bicyclic) bond motifs is 1. The van der Waals surface area contributed by atoms with Crippen LogP contribution < -0.4 is 14.4 Å². The molecule has 1 aromatic rings. The minimum Gasteiger partial charge on any atom is -0.486 e. The van der Waals surface area contributed by atoms with Crippen molar-refractivity contribution in [2.24, 2.45) is 5.92 Å². The van der Waals surface area contributed by atoms with Crippen LogP contribution in [0.4, 0.5) is 5.69 Å². The lowest BCUT2D eigenvalue weighted by Gasteiger charge is -2.36. The van der Waals surface area contributed by atoms with Crippen LogP contribution in [0.3, 0.4) is 0 Å². The van der Waals surface area contributed by atoms with E-state index in [2.05, 4.69) is 0 Å². The lowest BCUT2D eigenvalue weighted by molar-refractivity contribution is -0.147. The molecule has 0 aliphatic carbocycles. The van der Waals surface area contributed by atoms with E-state index < -0.39 is 0 Å². The van der Waals surface area contributed by atoms with Crippen LogP contribution in [0.2, 0.25) is 0 Å². The Labute approximate surface area is 152 Å². The molecule has 4 rings (SSSR count). The summed E-state index contributed by atoms with van der Waals surface area (Å²) < 4.78 is 16.8. The first-order valence-electron chi connectivity index (χ1n) is 9.15. The number of nitrogens with zero attached hydrogens (tertiary/aromatic N) is 2. The number of amides is 2. The molecule has 7 nitrogen and oxygen atoms in total. The molecule has 7 heteroatoms. The van der Waals surface area contributed by atoms with Gasteiger partial charge in [-0.05, 0) is 26.0 Å². The van der Waals surface area contributed by atoms with Gasteiger partial charge in [0.05, 0.1) is 18.1 Å². The van der Waals surface area contributed by atoms with E-state index in [1.165, 1.54) is 0 Å². The first kappa shape index (κ1) is 17.1. The molecule has 0 N–H and O–H groups in total. The smallest absolute Gasteiger partial charge is 0.228 e. The van der Waals surface area contributed by atoms with Crippen molar-refractivity contribution in [3.8, 4) is 11.5 Å². The van der Waals surface area contributed by atoms with E-state index in [4.69, 9.17) is 14.2 Å². The molecule has 2 fully saturated rings. The van der Waals surface area contributed by atoms with Crippen molar-refractivity contribution in [1.82, 2.24) is 4.90 Å². The summed E-state index contributed by atoms with van der Waals surface area (Å²) in [6.07, 6.45) is 0.287. The number of benzene rings is 1. The molecular weight excluding hydrogens is 336 g/mol. The Morgan fingerprint density at radius 1 is 1.04 bits per heavy atom. The average molecular weight is 360 g/mol. The zero-order valence-corrected chi connectivity index (χ0v) is 15.1. The number of morpholine rings is 1. The number of hydrogen-bond acceptors (Lipinski definition) is 5. The fourth-order valence-electron chi connectivity index (χ4n) is 3.94. The number of ether oxygens (including phenoxy) is 3. The number of anilines is 1. The predicted molar refractivity (Wildman–Crippen MR) is 94.5 cm³/mol. The normalized spacial score (nSPS) is 28.4. The van der Waals surface area contributed by atoms with Gasteiger partial charge in [-0.2, -0.15) is 0 Å². The summed E-state index contributed by atoms with van der Waals surface area (Å²) in [6, 6.07) is 5.48. The van der Waals surface area contributed by atoms with Gasteiger partial charge < -0.3 is 24.0 Å². The lowest BCUT2D eigenvalue weighted by atomic mass is 10.1. The predicted octanol–water partition coefficient (Wildman–Crippen LogP) is 1.45. The molecule has 0 spiro atoms. The van der Waals surface area contributed by atoms with Crippen molar-refractivity contribution >= 4 is 17.5 Å². The van der Waals surface area contributed by atoms with Crippen molar-refractivity contribution in [3.63, 3.8) is 0 Å². The molecular formula is C19H24N2O5. The monoisotopic (exact) mass is 360 g/mol. The highest BCUT2D eigenvalue weighted by atomic mass is 16.6. The second-order valence-corrected chi connectivity index (χ2v) is 7.23. The van der Waals surface area contributed by atoms with Gasteiger partial charge >= 0.3 is 0 Å². The molecule has 140 valence electrons. The van der Waals surface area contributed by atoms with Crippen molar-refractivity contribution in [1.29, 1.82) is 0 Å². The number of carbonyl (C=O) groups excluding carboxylic acids is 2. The van der Waals surface area contributed by atoms with Crippen LogP contribution in [0, 0.1) is 5.92 Å². The SMILES string of the molecule is C[C@@H]1CN(C(=O)[C@H]2CC(=O)N(c3ccc4c(c3)OCCO4)C2)C[C@@H](C)O1.